The summed E-state index contributed by atoms with van der Waals surface area (Å²) in [6.45, 7) is -0.592. The maximum absolute atomic E-state index is 14.1. The van der Waals surface area contributed by atoms with Gasteiger partial charge >= 0.3 is 12.0 Å². The van der Waals surface area contributed by atoms with E-state index in [1.165, 1.54) is 12.1 Å². The largest absolute Gasteiger partial charge is 0.497 e. The van der Waals surface area contributed by atoms with Crippen LogP contribution in [0.2, 0.25) is 0 Å². The second-order valence-corrected chi connectivity index (χ2v) is 9.42. The molecule has 39 heavy (non-hydrogen) atoms. The second-order valence-electron chi connectivity index (χ2n) is 9.42. The summed E-state index contributed by atoms with van der Waals surface area (Å²) in [4.78, 5) is 57.9. The van der Waals surface area contributed by atoms with Gasteiger partial charge in [0.25, 0.3) is 11.8 Å². The van der Waals surface area contributed by atoms with Crippen LogP contribution in [0.4, 0.5) is 10.5 Å². The first-order valence-corrected chi connectivity index (χ1v) is 12.4. The van der Waals surface area contributed by atoms with Crippen LogP contribution in [-0.4, -0.2) is 58.5 Å². The third kappa shape index (κ3) is 3.88. The lowest BCUT2D eigenvalue weighted by Gasteiger charge is -2.36. The number of para-hydroxylation sites is 2. The number of methoxy groups -OCH3 is 1. The number of nitrogens with one attached hydrogen (secondary N) is 2. The number of rotatable bonds is 6. The van der Waals surface area contributed by atoms with E-state index >= 15 is 0 Å². The summed E-state index contributed by atoms with van der Waals surface area (Å²) in [5.74, 6) is -1.69. The van der Waals surface area contributed by atoms with Gasteiger partial charge in [-0.25, -0.2) is 9.69 Å². The Bertz CT molecular complexity index is 1640. The van der Waals surface area contributed by atoms with E-state index in [0.717, 1.165) is 32.6 Å². The normalized spacial score (nSPS) is 18.2. The molecule has 0 saturated carbocycles. The molecule has 6 rings (SSSR count). The zero-order valence-electron chi connectivity index (χ0n) is 20.9. The van der Waals surface area contributed by atoms with Gasteiger partial charge in [-0.3, -0.25) is 19.3 Å². The summed E-state index contributed by atoms with van der Waals surface area (Å²) in [6.07, 6.45) is 0.306. The number of nitrogens with zero attached hydrogens (tertiary/aromatic N) is 2. The van der Waals surface area contributed by atoms with Gasteiger partial charge in [-0.05, 0) is 41.5 Å². The molecule has 4 aromatic rings. The Morgan fingerprint density at radius 3 is 2.49 bits per heavy atom. The Kier molecular flexibility index (Phi) is 5.79. The molecule has 2 aliphatic rings. The van der Waals surface area contributed by atoms with Crippen molar-refractivity contribution >= 4 is 40.4 Å². The first-order valence-electron chi connectivity index (χ1n) is 12.4. The third-order valence-corrected chi connectivity index (χ3v) is 7.27. The standard InChI is InChI=1S/C29H24N4O6/c1-39-17-12-10-16(11-13-17)26-25-20(18-6-2-4-8-21(18)31-25)14-23-28(37)33(29(38)32(23)26)22-9-5-3-7-19(22)27(36)30-15-24(34)35/h2-13,23,26,31H,14-15H2,1H3,(H,30,36)(H,34,35)/t23-,26+/m0/s1. The van der Waals surface area contributed by atoms with Crippen molar-refractivity contribution in [2.24, 2.45) is 0 Å². The molecular weight excluding hydrogens is 500 g/mol. The number of urea groups is 1. The number of carbonyl (C=O) groups excluding carboxylic acids is 3. The van der Waals surface area contributed by atoms with E-state index < -0.39 is 42.4 Å². The number of aromatic nitrogens is 1. The number of anilines is 1. The summed E-state index contributed by atoms with van der Waals surface area (Å²) in [5.41, 5.74) is 3.64. The van der Waals surface area contributed by atoms with Crippen molar-refractivity contribution in [3.63, 3.8) is 0 Å². The van der Waals surface area contributed by atoms with E-state index in [2.05, 4.69) is 10.3 Å². The maximum atomic E-state index is 14.1. The maximum Gasteiger partial charge on any atom is 0.332 e. The lowest BCUT2D eigenvalue weighted by molar-refractivity contribution is -0.135. The van der Waals surface area contributed by atoms with Crippen molar-refractivity contribution in [1.29, 1.82) is 0 Å². The minimum atomic E-state index is -1.21. The highest BCUT2D eigenvalue weighted by Crippen LogP contribution is 2.45. The molecule has 0 radical (unpaired) electrons. The zero-order chi connectivity index (χ0) is 27.3. The van der Waals surface area contributed by atoms with Gasteiger partial charge in [-0.15, -0.1) is 0 Å². The third-order valence-electron chi connectivity index (χ3n) is 7.27. The fourth-order valence-electron chi connectivity index (χ4n) is 5.54. The second kappa shape index (κ2) is 9.32. The Morgan fingerprint density at radius 2 is 1.74 bits per heavy atom. The topological polar surface area (TPSA) is 132 Å². The Morgan fingerprint density at radius 1 is 1.03 bits per heavy atom. The SMILES string of the molecule is COc1ccc([C@@H]2c3[nH]c4ccccc4c3C[C@H]3C(=O)N(c4ccccc4C(=O)NCC(=O)O)C(=O)N23)cc1. The van der Waals surface area contributed by atoms with E-state index in [1.807, 2.05) is 48.5 Å². The number of H-pyrrole nitrogens is 1. The van der Waals surface area contributed by atoms with Crippen molar-refractivity contribution in [2.45, 2.75) is 18.5 Å². The van der Waals surface area contributed by atoms with Gasteiger partial charge in [-0.1, -0.05) is 42.5 Å². The smallest absolute Gasteiger partial charge is 0.332 e. The zero-order valence-corrected chi connectivity index (χ0v) is 20.9. The Hall–Kier alpha value is -5.12. The molecule has 1 fully saturated rings. The summed E-state index contributed by atoms with van der Waals surface area (Å²) in [7, 11) is 1.58. The van der Waals surface area contributed by atoms with Gasteiger partial charge in [0.05, 0.1) is 18.4 Å². The number of carbonyl (C=O) groups is 4. The van der Waals surface area contributed by atoms with Crippen molar-refractivity contribution in [2.75, 3.05) is 18.6 Å². The number of ether oxygens (including phenoxy) is 1. The van der Waals surface area contributed by atoms with Gasteiger partial charge in [-0.2, -0.15) is 0 Å². The van der Waals surface area contributed by atoms with Gasteiger partial charge in [0, 0.05) is 23.0 Å². The molecule has 0 spiro atoms. The molecule has 0 aliphatic carbocycles. The molecule has 3 aromatic carbocycles. The summed E-state index contributed by atoms with van der Waals surface area (Å²) in [5, 5.41) is 12.3. The summed E-state index contributed by atoms with van der Waals surface area (Å²) >= 11 is 0. The van der Waals surface area contributed by atoms with Gasteiger partial charge in [0.2, 0.25) is 0 Å². The molecule has 2 atom stereocenters. The van der Waals surface area contributed by atoms with Crippen LogP contribution in [0.1, 0.15) is 33.2 Å². The van der Waals surface area contributed by atoms with Crippen LogP contribution in [0.5, 0.6) is 5.75 Å². The van der Waals surface area contributed by atoms with E-state index in [-0.39, 0.29) is 11.3 Å². The van der Waals surface area contributed by atoms with Crippen LogP contribution < -0.4 is 15.0 Å². The number of aromatic amines is 1. The average molecular weight is 525 g/mol. The van der Waals surface area contributed by atoms with Crippen LogP contribution in [0.15, 0.2) is 72.8 Å². The van der Waals surface area contributed by atoms with E-state index in [0.29, 0.717) is 12.2 Å². The number of benzene rings is 3. The average Bonchev–Trinajstić information content (AvgIpc) is 3.44. The first kappa shape index (κ1) is 24.2. The Labute approximate surface area is 222 Å². The highest BCUT2D eigenvalue weighted by Gasteiger charge is 2.53. The quantitative estimate of drug-likeness (QED) is 0.331. The van der Waals surface area contributed by atoms with E-state index in [1.54, 1.807) is 24.1 Å². The summed E-state index contributed by atoms with van der Waals surface area (Å²) in [6, 6.07) is 19.4. The monoisotopic (exact) mass is 524 g/mol. The molecule has 3 N–H and O–H groups in total. The van der Waals surface area contributed by atoms with Gasteiger partial charge < -0.3 is 20.1 Å². The number of aliphatic carboxylic acids is 1. The first-order chi connectivity index (χ1) is 18.9. The molecule has 4 amide bonds. The Balaban J connectivity index is 1.47. The van der Waals surface area contributed by atoms with Crippen molar-refractivity contribution in [3.05, 3.63) is 95.2 Å². The lowest BCUT2D eigenvalue weighted by atomic mass is 9.89. The number of amides is 4. The molecule has 2 aliphatic heterocycles. The number of carboxylic acid groups (broad SMARTS) is 1. The number of fused-ring (bicyclic) bond motifs is 4. The van der Waals surface area contributed by atoms with Crippen LogP contribution in [-0.2, 0) is 16.0 Å². The molecule has 10 nitrogen and oxygen atoms in total. The van der Waals surface area contributed by atoms with Crippen molar-refractivity contribution in [3.8, 4) is 5.75 Å². The van der Waals surface area contributed by atoms with Crippen LogP contribution in [0, 0.1) is 0 Å². The summed E-state index contributed by atoms with van der Waals surface area (Å²) < 4.78 is 5.32. The van der Waals surface area contributed by atoms with E-state index in [4.69, 9.17) is 9.84 Å². The molecule has 3 heterocycles. The van der Waals surface area contributed by atoms with Crippen LogP contribution in [0.25, 0.3) is 10.9 Å². The fraction of sp³-hybridized carbons (Fsp3) is 0.172. The molecule has 1 aromatic heterocycles. The van der Waals surface area contributed by atoms with Crippen molar-refractivity contribution < 1.29 is 29.0 Å². The van der Waals surface area contributed by atoms with Crippen molar-refractivity contribution in [1.82, 2.24) is 15.2 Å². The molecule has 0 unspecified atom stereocenters. The minimum absolute atomic E-state index is 0.0327. The predicted molar refractivity (Wildman–Crippen MR) is 142 cm³/mol. The minimum Gasteiger partial charge on any atom is -0.497 e. The number of hydrogen-bond acceptors (Lipinski definition) is 5. The highest BCUT2D eigenvalue weighted by molar-refractivity contribution is 6.24. The fourth-order valence-corrected chi connectivity index (χ4v) is 5.54. The predicted octanol–water partition coefficient (Wildman–Crippen LogP) is 3.47. The van der Waals surface area contributed by atoms with Crippen LogP contribution in [0.3, 0.4) is 0 Å². The highest BCUT2D eigenvalue weighted by atomic mass is 16.5. The molecular formula is C29H24N4O6. The molecule has 1 saturated heterocycles. The van der Waals surface area contributed by atoms with Gasteiger partial charge in [0.1, 0.15) is 24.4 Å². The van der Waals surface area contributed by atoms with Gasteiger partial charge in [0.15, 0.2) is 0 Å². The molecule has 196 valence electrons. The number of carboxylic acids is 1. The molecule has 0 bridgehead atoms. The van der Waals surface area contributed by atoms with Crippen LogP contribution >= 0.6 is 0 Å². The molecule has 10 heteroatoms. The number of hydrogen-bond donors (Lipinski definition) is 3. The number of imide groups is 1. The lowest BCUT2D eigenvalue weighted by Crippen LogP contribution is -2.44. The van der Waals surface area contributed by atoms with E-state index in [9.17, 15) is 19.2 Å².